The molecule has 0 bridgehead atoms. The van der Waals surface area contributed by atoms with Crippen LogP contribution < -0.4 is 5.73 Å². The van der Waals surface area contributed by atoms with Crippen molar-refractivity contribution in [3.05, 3.63) is 35.4 Å². The quantitative estimate of drug-likeness (QED) is 0.866. The van der Waals surface area contributed by atoms with Crippen LogP contribution in [0, 0.1) is 5.92 Å². The highest BCUT2D eigenvalue weighted by atomic mass is 16.5. The van der Waals surface area contributed by atoms with Gasteiger partial charge in [-0.25, -0.2) is 0 Å². The molecule has 2 nitrogen and oxygen atoms in total. The first-order chi connectivity index (χ1) is 8.29. The van der Waals surface area contributed by atoms with E-state index in [-0.39, 0.29) is 0 Å². The summed E-state index contributed by atoms with van der Waals surface area (Å²) < 4.78 is 6.04. The van der Waals surface area contributed by atoms with Crippen molar-refractivity contribution in [2.45, 2.75) is 51.9 Å². The van der Waals surface area contributed by atoms with Gasteiger partial charge in [-0.1, -0.05) is 44.0 Å². The van der Waals surface area contributed by atoms with E-state index in [2.05, 4.69) is 31.2 Å². The van der Waals surface area contributed by atoms with E-state index < -0.39 is 0 Å². The molecular formula is C15H23NO. The fourth-order valence-electron chi connectivity index (χ4n) is 2.58. The van der Waals surface area contributed by atoms with E-state index in [0.29, 0.717) is 18.6 Å². The van der Waals surface area contributed by atoms with Gasteiger partial charge < -0.3 is 10.5 Å². The lowest BCUT2D eigenvalue weighted by Crippen LogP contribution is -2.25. The highest BCUT2D eigenvalue weighted by Gasteiger charge is 2.21. The summed E-state index contributed by atoms with van der Waals surface area (Å²) >= 11 is 0. The monoisotopic (exact) mass is 233 g/mol. The zero-order valence-corrected chi connectivity index (χ0v) is 10.7. The molecule has 1 fully saturated rings. The lowest BCUT2D eigenvalue weighted by Gasteiger charge is -2.28. The van der Waals surface area contributed by atoms with Gasteiger partial charge in [-0.2, -0.15) is 0 Å². The summed E-state index contributed by atoms with van der Waals surface area (Å²) in [7, 11) is 0. The molecule has 1 aliphatic rings. The number of hydrogen-bond acceptors (Lipinski definition) is 2. The van der Waals surface area contributed by atoms with Crippen LogP contribution in [-0.2, 0) is 17.9 Å². The Balaban J connectivity index is 1.88. The van der Waals surface area contributed by atoms with Crippen molar-refractivity contribution < 1.29 is 4.74 Å². The second-order valence-corrected chi connectivity index (χ2v) is 5.14. The maximum Gasteiger partial charge on any atom is 0.0720 e. The minimum Gasteiger partial charge on any atom is -0.373 e. The summed E-state index contributed by atoms with van der Waals surface area (Å²) in [6.45, 7) is 3.64. The summed E-state index contributed by atoms with van der Waals surface area (Å²) in [5.41, 5.74) is 8.06. The van der Waals surface area contributed by atoms with Crippen LogP contribution in [0.15, 0.2) is 24.3 Å². The van der Waals surface area contributed by atoms with Gasteiger partial charge in [-0.05, 0) is 29.9 Å². The molecule has 2 N–H and O–H groups in total. The van der Waals surface area contributed by atoms with Gasteiger partial charge in [0.05, 0.1) is 12.7 Å². The first-order valence-electron chi connectivity index (χ1n) is 6.69. The summed E-state index contributed by atoms with van der Waals surface area (Å²) in [5.74, 6) is 0.710. The number of rotatable bonds is 4. The molecule has 1 aromatic rings. The van der Waals surface area contributed by atoms with Crippen LogP contribution in [0.3, 0.4) is 0 Å². The van der Waals surface area contributed by atoms with Gasteiger partial charge in [0.1, 0.15) is 0 Å². The second-order valence-electron chi connectivity index (χ2n) is 5.14. The average Bonchev–Trinajstić information content (AvgIpc) is 2.38. The third-order valence-corrected chi connectivity index (χ3v) is 3.72. The Morgan fingerprint density at radius 3 is 2.76 bits per heavy atom. The number of ether oxygens (including phenoxy) is 1. The van der Waals surface area contributed by atoms with Gasteiger partial charge in [0.25, 0.3) is 0 Å². The van der Waals surface area contributed by atoms with Crippen molar-refractivity contribution >= 4 is 0 Å². The highest BCUT2D eigenvalue weighted by molar-refractivity contribution is 5.22. The molecule has 0 spiro atoms. The van der Waals surface area contributed by atoms with Crippen LogP contribution in [0.1, 0.15) is 43.7 Å². The molecule has 17 heavy (non-hydrogen) atoms. The summed E-state index contributed by atoms with van der Waals surface area (Å²) in [6, 6.07) is 8.39. The summed E-state index contributed by atoms with van der Waals surface area (Å²) in [4.78, 5) is 0. The molecule has 1 aliphatic carbocycles. The molecule has 94 valence electrons. The average molecular weight is 233 g/mol. The molecule has 0 amide bonds. The topological polar surface area (TPSA) is 35.2 Å². The molecular weight excluding hydrogens is 210 g/mol. The molecule has 2 heteroatoms. The van der Waals surface area contributed by atoms with Gasteiger partial charge in [0.2, 0.25) is 0 Å². The van der Waals surface area contributed by atoms with Crippen molar-refractivity contribution in [1.29, 1.82) is 0 Å². The molecule has 2 unspecified atom stereocenters. The Morgan fingerprint density at radius 2 is 2.00 bits per heavy atom. The van der Waals surface area contributed by atoms with Gasteiger partial charge in [-0.3, -0.25) is 0 Å². The molecule has 1 aromatic carbocycles. The van der Waals surface area contributed by atoms with Crippen molar-refractivity contribution in [2.24, 2.45) is 11.7 Å². The Labute approximate surface area is 104 Å². The Hall–Kier alpha value is -0.860. The SMILES string of the molecule is CC1CCCCC1OCc1cccc(CN)c1. The van der Waals surface area contributed by atoms with Crippen LogP contribution in [0.4, 0.5) is 0 Å². The minimum absolute atomic E-state index is 0.449. The van der Waals surface area contributed by atoms with Crippen LogP contribution in [-0.4, -0.2) is 6.10 Å². The fourth-order valence-corrected chi connectivity index (χ4v) is 2.58. The van der Waals surface area contributed by atoms with Gasteiger partial charge in [0, 0.05) is 6.54 Å². The molecule has 1 saturated carbocycles. The van der Waals surface area contributed by atoms with Crippen LogP contribution in [0.25, 0.3) is 0 Å². The van der Waals surface area contributed by atoms with Gasteiger partial charge >= 0.3 is 0 Å². The van der Waals surface area contributed by atoms with E-state index in [1.807, 2.05) is 0 Å². The zero-order valence-electron chi connectivity index (χ0n) is 10.7. The summed E-state index contributed by atoms with van der Waals surface area (Å²) in [6.07, 6.45) is 5.66. The predicted octanol–water partition coefficient (Wildman–Crippen LogP) is 3.24. The number of benzene rings is 1. The Kier molecular flexibility index (Phi) is 4.57. The largest absolute Gasteiger partial charge is 0.373 e. The Bertz CT molecular complexity index is 351. The second kappa shape index (κ2) is 6.18. The first-order valence-corrected chi connectivity index (χ1v) is 6.69. The van der Waals surface area contributed by atoms with E-state index in [1.54, 1.807) is 0 Å². The van der Waals surface area contributed by atoms with Crippen LogP contribution >= 0.6 is 0 Å². The predicted molar refractivity (Wildman–Crippen MR) is 70.5 cm³/mol. The third kappa shape index (κ3) is 3.55. The van der Waals surface area contributed by atoms with Crippen molar-refractivity contribution in [3.63, 3.8) is 0 Å². The molecule has 0 aliphatic heterocycles. The zero-order chi connectivity index (χ0) is 12.1. The van der Waals surface area contributed by atoms with E-state index in [4.69, 9.17) is 10.5 Å². The number of hydrogen-bond donors (Lipinski definition) is 1. The number of nitrogens with two attached hydrogens (primary N) is 1. The van der Waals surface area contributed by atoms with Crippen LogP contribution in [0.5, 0.6) is 0 Å². The fraction of sp³-hybridized carbons (Fsp3) is 0.600. The van der Waals surface area contributed by atoms with Crippen molar-refractivity contribution in [1.82, 2.24) is 0 Å². The summed E-state index contributed by atoms with van der Waals surface area (Å²) in [5, 5.41) is 0. The standard InChI is InChI=1S/C15H23NO/c1-12-5-2-3-8-15(12)17-11-14-7-4-6-13(9-14)10-16/h4,6-7,9,12,15H,2-3,5,8,10-11,16H2,1H3. The van der Waals surface area contributed by atoms with Gasteiger partial charge in [0.15, 0.2) is 0 Å². The highest BCUT2D eigenvalue weighted by Crippen LogP contribution is 2.27. The first kappa shape index (κ1) is 12.6. The normalized spacial score (nSPS) is 24.8. The molecule has 0 radical (unpaired) electrons. The van der Waals surface area contributed by atoms with Crippen LogP contribution in [0.2, 0.25) is 0 Å². The van der Waals surface area contributed by atoms with E-state index in [1.165, 1.54) is 36.8 Å². The van der Waals surface area contributed by atoms with Crippen molar-refractivity contribution in [2.75, 3.05) is 0 Å². The maximum atomic E-state index is 6.04. The van der Waals surface area contributed by atoms with Gasteiger partial charge in [-0.15, -0.1) is 0 Å². The van der Waals surface area contributed by atoms with E-state index in [0.717, 1.165) is 6.61 Å². The lowest BCUT2D eigenvalue weighted by atomic mass is 9.88. The maximum absolute atomic E-state index is 6.04. The smallest absolute Gasteiger partial charge is 0.0720 e. The minimum atomic E-state index is 0.449. The molecule has 0 saturated heterocycles. The van der Waals surface area contributed by atoms with E-state index >= 15 is 0 Å². The Morgan fingerprint density at radius 1 is 1.24 bits per heavy atom. The molecule has 0 aromatic heterocycles. The molecule has 2 atom stereocenters. The lowest BCUT2D eigenvalue weighted by molar-refractivity contribution is -0.0154. The molecule has 2 rings (SSSR count). The van der Waals surface area contributed by atoms with Crippen molar-refractivity contribution in [3.8, 4) is 0 Å². The van der Waals surface area contributed by atoms with E-state index in [9.17, 15) is 0 Å². The molecule has 0 heterocycles. The third-order valence-electron chi connectivity index (χ3n) is 3.72.